The van der Waals surface area contributed by atoms with Crippen LogP contribution in [-0.2, 0) is 13.1 Å². The number of hydrogen-bond donors (Lipinski definition) is 1. The Morgan fingerprint density at radius 1 is 1.24 bits per heavy atom. The van der Waals surface area contributed by atoms with Crippen LogP contribution in [0.1, 0.15) is 18.2 Å². The van der Waals surface area contributed by atoms with Gasteiger partial charge in [0.2, 0.25) is 0 Å². The SMILES string of the molecule is CCOc1nc(N)c2nc(Br)n(Cc3ccc(CN(C)C)nc3)c2n1. The number of hydrogen-bond acceptors (Lipinski definition) is 7. The summed E-state index contributed by atoms with van der Waals surface area (Å²) in [5.41, 5.74) is 9.22. The molecule has 25 heavy (non-hydrogen) atoms. The lowest BCUT2D eigenvalue weighted by atomic mass is 10.2. The van der Waals surface area contributed by atoms with Crippen molar-refractivity contribution in [2.24, 2.45) is 0 Å². The van der Waals surface area contributed by atoms with Crippen molar-refractivity contribution < 1.29 is 4.74 Å². The zero-order valence-corrected chi connectivity index (χ0v) is 16.0. The summed E-state index contributed by atoms with van der Waals surface area (Å²) in [7, 11) is 4.04. The van der Waals surface area contributed by atoms with E-state index >= 15 is 0 Å². The number of ether oxygens (including phenoxy) is 1. The molecule has 0 aliphatic heterocycles. The Bertz CT molecular complexity index is 876. The average Bonchev–Trinajstić information content (AvgIpc) is 2.86. The first-order valence-electron chi connectivity index (χ1n) is 7.88. The standard InChI is InChI=1S/C16H20BrN7O/c1-4-25-16-21-13(18)12-14(22-16)24(15(17)20-12)8-10-5-6-11(19-7-10)9-23(2)3/h5-7H,4,8-9H2,1-3H3,(H2,18,21,22). The molecule has 0 unspecified atom stereocenters. The van der Waals surface area contributed by atoms with Crippen molar-refractivity contribution in [3.05, 3.63) is 34.3 Å². The number of anilines is 1. The molecule has 132 valence electrons. The van der Waals surface area contributed by atoms with E-state index in [1.807, 2.05) is 37.8 Å². The summed E-state index contributed by atoms with van der Waals surface area (Å²) in [5, 5.41) is 0. The van der Waals surface area contributed by atoms with Crippen LogP contribution in [-0.4, -0.2) is 50.1 Å². The number of aromatic nitrogens is 5. The third-order valence-electron chi connectivity index (χ3n) is 3.53. The predicted molar refractivity (Wildman–Crippen MR) is 99.3 cm³/mol. The molecule has 0 amide bonds. The van der Waals surface area contributed by atoms with Crippen molar-refractivity contribution in [1.82, 2.24) is 29.4 Å². The molecule has 3 rings (SSSR count). The second kappa shape index (κ2) is 7.32. The van der Waals surface area contributed by atoms with Gasteiger partial charge in [-0.1, -0.05) is 6.07 Å². The van der Waals surface area contributed by atoms with Crippen LogP contribution >= 0.6 is 15.9 Å². The summed E-state index contributed by atoms with van der Waals surface area (Å²) in [6.07, 6.45) is 1.87. The van der Waals surface area contributed by atoms with Crippen molar-refractivity contribution >= 4 is 32.9 Å². The van der Waals surface area contributed by atoms with Gasteiger partial charge >= 0.3 is 6.01 Å². The molecule has 0 bridgehead atoms. The highest BCUT2D eigenvalue weighted by atomic mass is 79.9. The molecule has 0 saturated heterocycles. The van der Waals surface area contributed by atoms with Gasteiger partial charge in [0.25, 0.3) is 0 Å². The molecule has 0 spiro atoms. The fraction of sp³-hybridized carbons (Fsp3) is 0.375. The second-order valence-electron chi connectivity index (χ2n) is 5.86. The lowest BCUT2D eigenvalue weighted by Gasteiger charge is -2.10. The minimum Gasteiger partial charge on any atom is -0.464 e. The van der Waals surface area contributed by atoms with Gasteiger partial charge in [-0.05, 0) is 48.6 Å². The van der Waals surface area contributed by atoms with Gasteiger partial charge in [-0.3, -0.25) is 9.55 Å². The van der Waals surface area contributed by atoms with Crippen LogP contribution in [0, 0.1) is 0 Å². The maximum atomic E-state index is 5.98. The highest BCUT2D eigenvalue weighted by Gasteiger charge is 2.16. The maximum Gasteiger partial charge on any atom is 0.320 e. The summed E-state index contributed by atoms with van der Waals surface area (Å²) in [6, 6.07) is 4.33. The largest absolute Gasteiger partial charge is 0.464 e. The predicted octanol–water partition coefficient (Wildman–Crippen LogP) is 2.07. The molecule has 0 fully saturated rings. The molecule has 0 saturated carbocycles. The van der Waals surface area contributed by atoms with E-state index in [1.165, 1.54) is 0 Å². The van der Waals surface area contributed by atoms with Crippen molar-refractivity contribution in [3.8, 4) is 6.01 Å². The number of nitrogen functional groups attached to an aromatic ring is 1. The molecule has 0 aliphatic carbocycles. The van der Waals surface area contributed by atoms with Crippen LogP contribution in [0.3, 0.4) is 0 Å². The molecule has 3 heterocycles. The molecule has 0 atom stereocenters. The zero-order valence-electron chi connectivity index (χ0n) is 14.4. The van der Waals surface area contributed by atoms with Crippen LogP contribution in [0.15, 0.2) is 23.1 Å². The number of halogens is 1. The van der Waals surface area contributed by atoms with Gasteiger partial charge in [0, 0.05) is 12.7 Å². The molecule has 0 aliphatic rings. The number of fused-ring (bicyclic) bond motifs is 1. The topological polar surface area (TPSA) is 95.0 Å². The minimum absolute atomic E-state index is 0.251. The summed E-state index contributed by atoms with van der Waals surface area (Å²) >= 11 is 3.47. The summed E-state index contributed by atoms with van der Waals surface area (Å²) < 4.78 is 7.94. The Balaban J connectivity index is 1.93. The number of nitrogens with two attached hydrogens (primary N) is 1. The summed E-state index contributed by atoms with van der Waals surface area (Å²) in [5.74, 6) is 0.298. The first kappa shape index (κ1) is 17.6. The number of rotatable bonds is 6. The third kappa shape index (κ3) is 3.88. The monoisotopic (exact) mass is 405 g/mol. The fourth-order valence-electron chi connectivity index (χ4n) is 2.46. The Labute approximate surface area is 154 Å². The molecular weight excluding hydrogens is 386 g/mol. The lowest BCUT2D eigenvalue weighted by Crippen LogP contribution is -2.12. The summed E-state index contributed by atoms with van der Waals surface area (Å²) in [4.78, 5) is 19.5. The quantitative estimate of drug-likeness (QED) is 0.627. The second-order valence-corrected chi connectivity index (χ2v) is 6.57. The van der Waals surface area contributed by atoms with Gasteiger partial charge in [-0.25, -0.2) is 4.98 Å². The molecule has 3 aromatic heterocycles. The Hall–Kier alpha value is -2.26. The van der Waals surface area contributed by atoms with E-state index < -0.39 is 0 Å². The number of nitrogens with zero attached hydrogens (tertiary/aromatic N) is 6. The van der Waals surface area contributed by atoms with E-state index in [9.17, 15) is 0 Å². The van der Waals surface area contributed by atoms with Gasteiger partial charge in [0.15, 0.2) is 21.7 Å². The fourth-order valence-corrected chi connectivity index (χ4v) is 2.93. The van der Waals surface area contributed by atoms with Gasteiger partial charge in [0.1, 0.15) is 0 Å². The molecule has 9 heteroatoms. The molecule has 8 nitrogen and oxygen atoms in total. The highest BCUT2D eigenvalue weighted by Crippen LogP contribution is 2.25. The first-order valence-corrected chi connectivity index (χ1v) is 8.67. The van der Waals surface area contributed by atoms with Gasteiger partial charge in [-0.15, -0.1) is 0 Å². The molecule has 3 aromatic rings. The normalized spacial score (nSPS) is 11.4. The highest BCUT2D eigenvalue weighted by molar-refractivity contribution is 9.10. The lowest BCUT2D eigenvalue weighted by molar-refractivity contribution is 0.314. The van der Waals surface area contributed by atoms with Crippen LogP contribution in [0.4, 0.5) is 5.82 Å². The van der Waals surface area contributed by atoms with Crippen molar-refractivity contribution in [1.29, 1.82) is 0 Å². The van der Waals surface area contributed by atoms with E-state index in [-0.39, 0.29) is 6.01 Å². The van der Waals surface area contributed by atoms with E-state index in [0.29, 0.717) is 34.9 Å². The summed E-state index contributed by atoms with van der Waals surface area (Å²) in [6.45, 7) is 3.71. The smallest absolute Gasteiger partial charge is 0.320 e. The van der Waals surface area contributed by atoms with E-state index in [4.69, 9.17) is 10.5 Å². The average molecular weight is 406 g/mol. The maximum absolute atomic E-state index is 5.98. The van der Waals surface area contributed by atoms with Crippen molar-refractivity contribution in [2.45, 2.75) is 20.0 Å². The van der Waals surface area contributed by atoms with Crippen molar-refractivity contribution in [2.75, 3.05) is 26.4 Å². The zero-order chi connectivity index (χ0) is 18.0. The van der Waals surface area contributed by atoms with E-state index in [0.717, 1.165) is 17.8 Å². The van der Waals surface area contributed by atoms with Crippen LogP contribution in [0.25, 0.3) is 11.2 Å². The molecule has 2 N–H and O–H groups in total. The number of imidazole rings is 1. The Morgan fingerprint density at radius 2 is 2.04 bits per heavy atom. The minimum atomic E-state index is 0.251. The van der Waals surface area contributed by atoms with Gasteiger partial charge in [-0.2, -0.15) is 9.97 Å². The molecular formula is C16H20BrN7O. The number of pyridine rings is 1. The van der Waals surface area contributed by atoms with Crippen LogP contribution in [0.2, 0.25) is 0 Å². The van der Waals surface area contributed by atoms with Gasteiger partial charge in [0.05, 0.1) is 18.8 Å². The molecule has 0 aromatic carbocycles. The van der Waals surface area contributed by atoms with Gasteiger partial charge < -0.3 is 15.4 Å². The van der Waals surface area contributed by atoms with E-state index in [2.05, 4.69) is 46.8 Å². The van der Waals surface area contributed by atoms with Crippen LogP contribution < -0.4 is 10.5 Å². The van der Waals surface area contributed by atoms with Crippen molar-refractivity contribution in [3.63, 3.8) is 0 Å². The Morgan fingerprint density at radius 3 is 2.68 bits per heavy atom. The Kier molecular flexibility index (Phi) is 5.14. The third-order valence-corrected chi connectivity index (χ3v) is 4.14. The van der Waals surface area contributed by atoms with E-state index in [1.54, 1.807) is 0 Å². The first-order chi connectivity index (χ1) is 12.0. The van der Waals surface area contributed by atoms with Crippen LogP contribution in [0.5, 0.6) is 6.01 Å². The molecule has 0 radical (unpaired) electrons.